The molecule has 5 nitrogen and oxygen atoms in total. The van der Waals surface area contributed by atoms with Gasteiger partial charge in [0.15, 0.2) is 0 Å². The van der Waals surface area contributed by atoms with Crippen LogP contribution >= 0.6 is 0 Å². The average molecular weight is 402 g/mol. The predicted molar refractivity (Wildman–Crippen MR) is 119 cm³/mol. The molecule has 0 aromatic heterocycles. The van der Waals surface area contributed by atoms with Crippen molar-refractivity contribution in [1.29, 1.82) is 0 Å². The maximum absolute atomic E-state index is 13.2. The monoisotopic (exact) mass is 402 g/mol. The number of nitrogens with one attached hydrogen (secondary N) is 1. The maximum Gasteiger partial charge on any atom is 0.271 e. The van der Waals surface area contributed by atoms with Gasteiger partial charge >= 0.3 is 0 Å². The fourth-order valence-corrected chi connectivity index (χ4v) is 3.46. The quantitative estimate of drug-likeness (QED) is 0.515. The number of hydrogen-bond acceptors (Lipinski definition) is 4. The molecule has 0 radical (unpaired) electrons. The van der Waals surface area contributed by atoms with E-state index in [1.807, 2.05) is 61.5 Å². The summed E-state index contributed by atoms with van der Waals surface area (Å²) in [6, 6.07) is 20.0. The zero-order valence-corrected chi connectivity index (χ0v) is 17.0. The zero-order chi connectivity index (χ0) is 21.1. The van der Waals surface area contributed by atoms with E-state index in [4.69, 9.17) is 0 Å². The van der Waals surface area contributed by atoms with E-state index in [0.717, 1.165) is 29.0 Å². The van der Waals surface area contributed by atoms with E-state index >= 15 is 0 Å². The molecule has 1 amide bonds. The lowest BCUT2D eigenvalue weighted by atomic mass is 10.1. The van der Waals surface area contributed by atoms with Crippen LogP contribution in [0.15, 0.2) is 71.8 Å². The summed E-state index contributed by atoms with van der Waals surface area (Å²) in [6.07, 6.45) is 1.63. The molecular weight excluding hydrogens is 379 g/mol. The molecule has 4 rings (SSSR count). The predicted octanol–water partition coefficient (Wildman–Crippen LogP) is 4.18. The van der Waals surface area contributed by atoms with Crippen LogP contribution in [0.25, 0.3) is 0 Å². The summed E-state index contributed by atoms with van der Waals surface area (Å²) >= 11 is 0. The summed E-state index contributed by atoms with van der Waals surface area (Å²) in [4.78, 5) is 16.7. The maximum atomic E-state index is 13.2. The van der Waals surface area contributed by atoms with Gasteiger partial charge in [0.1, 0.15) is 5.82 Å². The first-order valence-corrected chi connectivity index (χ1v) is 9.73. The number of hydrogen-bond donors (Lipinski definition) is 1. The van der Waals surface area contributed by atoms with E-state index in [1.54, 1.807) is 18.3 Å². The molecule has 0 unspecified atom stereocenters. The van der Waals surface area contributed by atoms with E-state index in [9.17, 15) is 9.18 Å². The third-order valence-corrected chi connectivity index (χ3v) is 5.17. The number of rotatable bonds is 5. The molecule has 0 bridgehead atoms. The molecule has 1 N–H and O–H groups in total. The van der Waals surface area contributed by atoms with Crippen LogP contribution in [-0.4, -0.2) is 26.2 Å². The minimum absolute atomic E-state index is 0.247. The summed E-state index contributed by atoms with van der Waals surface area (Å²) in [5, 5.41) is 4.07. The fraction of sp³-hybridized carbons (Fsp3) is 0.167. The van der Waals surface area contributed by atoms with Crippen LogP contribution in [0.1, 0.15) is 27.0 Å². The standard InChI is InChI=1S/C24H23FN4O/c1-28(2)22-9-3-17(4-10-22)14-26-27-24(30)18-5-6-19-15-29(16-20(19)13-18)23-11-7-21(25)8-12-23/h3-14H,15-16H2,1-2H3,(H,27,30). The lowest BCUT2D eigenvalue weighted by Gasteiger charge is -2.17. The van der Waals surface area contributed by atoms with Gasteiger partial charge in [0.25, 0.3) is 5.91 Å². The molecule has 3 aromatic rings. The zero-order valence-electron chi connectivity index (χ0n) is 17.0. The normalized spacial score (nSPS) is 12.8. The van der Waals surface area contributed by atoms with Crippen molar-refractivity contribution in [2.45, 2.75) is 13.1 Å². The number of benzene rings is 3. The first-order valence-electron chi connectivity index (χ1n) is 9.73. The van der Waals surface area contributed by atoms with Crippen LogP contribution in [-0.2, 0) is 13.1 Å². The average Bonchev–Trinajstić information content (AvgIpc) is 3.18. The molecule has 1 aliphatic heterocycles. The molecule has 3 aromatic carbocycles. The number of amides is 1. The Morgan fingerprint density at radius 2 is 1.70 bits per heavy atom. The van der Waals surface area contributed by atoms with Crippen LogP contribution in [0, 0.1) is 5.82 Å². The number of carbonyl (C=O) groups is 1. The van der Waals surface area contributed by atoms with Crippen LogP contribution in [0.3, 0.4) is 0 Å². The smallest absolute Gasteiger partial charge is 0.271 e. The van der Waals surface area contributed by atoms with Gasteiger partial charge in [0.2, 0.25) is 0 Å². The van der Waals surface area contributed by atoms with E-state index in [0.29, 0.717) is 12.1 Å². The number of halogens is 1. The molecule has 0 aliphatic carbocycles. The van der Waals surface area contributed by atoms with Crippen molar-refractivity contribution < 1.29 is 9.18 Å². The first-order chi connectivity index (χ1) is 14.5. The highest BCUT2D eigenvalue weighted by atomic mass is 19.1. The first kappa shape index (κ1) is 19.6. The second-order valence-corrected chi connectivity index (χ2v) is 7.50. The van der Waals surface area contributed by atoms with Gasteiger partial charge in [0, 0.05) is 44.1 Å². The molecule has 30 heavy (non-hydrogen) atoms. The Hall–Kier alpha value is -3.67. The van der Waals surface area contributed by atoms with E-state index in [2.05, 4.69) is 15.4 Å². The summed E-state index contributed by atoms with van der Waals surface area (Å²) in [5.41, 5.74) is 8.38. The Bertz CT molecular complexity index is 1080. The van der Waals surface area contributed by atoms with E-state index < -0.39 is 0 Å². The lowest BCUT2D eigenvalue weighted by Crippen LogP contribution is -2.18. The molecule has 0 saturated heterocycles. The summed E-state index contributed by atoms with van der Waals surface area (Å²) < 4.78 is 13.2. The van der Waals surface area contributed by atoms with Gasteiger partial charge in [-0.1, -0.05) is 18.2 Å². The highest BCUT2D eigenvalue weighted by Gasteiger charge is 2.20. The Morgan fingerprint density at radius 3 is 2.40 bits per heavy atom. The van der Waals surface area contributed by atoms with Crippen molar-refractivity contribution in [3.63, 3.8) is 0 Å². The lowest BCUT2D eigenvalue weighted by molar-refractivity contribution is 0.0955. The molecule has 0 atom stereocenters. The van der Waals surface area contributed by atoms with Gasteiger partial charge < -0.3 is 9.80 Å². The van der Waals surface area contributed by atoms with Gasteiger partial charge in [-0.3, -0.25) is 4.79 Å². The second-order valence-electron chi connectivity index (χ2n) is 7.50. The number of nitrogens with zero attached hydrogens (tertiary/aromatic N) is 3. The van der Waals surface area contributed by atoms with Gasteiger partial charge in [-0.05, 0) is 65.2 Å². The molecule has 1 heterocycles. The molecular formula is C24H23FN4O. The molecule has 0 spiro atoms. The molecule has 152 valence electrons. The SMILES string of the molecule is CN(C)c1ccc(C=NNC(=O)c2ccc3c(c2)CN(c2ccc(F)cc2)C3)cc1. The highest BCUT2D eigenvalue weighted by Crippen LogP contribution is 2.29. The van der Waals surface area contributed by atoms with Crippen molar-refractivity contribution in [3.8, 4) is 0 Å². The van der Waals surface area contributed by atoms with Gasteiger partial charge in [-0.15, -0.1) is 0 Å². The topological polar surface area (TPSA) is 47.9 Å². The number of fused-ring (bicyclic) bond motifs is 1. The minimum atomic E-state index is -0.251. The van der Waals surface area contributed by atoms with Gasteiger partial charge in [-0.25, -0.2) is 9.82 Å². The largest absolute Gasteiger partial charge is 0.378 e. The summed E-state index contributed by atoms with van der Waals surface area (Å²) in [6.45, 7) is 1.42. The van der Waals surface area contributed by atoms with Crippen molar-refractivity contribution in [3.05, 3.63) is 94.8 Å². The Morgan fingerprint density at radius 1 is 1.00 bits per heavy atom. The van der Waals surface area contributed by atoms with Crippen molar-refractivity contribution >= 4 is 23.5 Å². The Labute approximate surface area is 175 Å². The molecule has 0 fully saturated rings. The van der Waals surface area contributed by atoms with Gasteiger partial charge in [0.05, 0.1) is 6.21 Å². The highest BCUT2D eigenvalue weighted by molar-refractivity contribution is 5.95. The second kappa shape index (κ2) is 8.37. The van der Waals surface area contributed by atoms with Crippen LogP contribution in [0.2, 0.25) is 0 Å². The van der Waals surface area contributed by atoms with Crippen LogP contribution in [0.4, 0.5) is 15.8 Å². The minimum Gasteiger partial charge on any atom is -0.378 e. The molecule has 1 aliphatic rings. The number of anilines is 2. The van der Waals surface area contributed by atoms with Crippen molar-refractivity contribution in [2.24, 2.45) is 5.10 Å². The summed E-state index contributed by atoms with van der Waals surface area (Å²) in [7, 11) is 3.97. The van der Waals surface area contributed by atoms with Crippen LogP contribution in [0.5, 0.6) is 0 Å². The van der Waals surface area contributed by atoms with Crippen molar-refractivity contribution in [1.82, 2.24) is 5.43 Å². The number of hydrazone groups is 1. The molecule has 6 heteroatoms. The third-order valence-electron chi connectivity index (χ3n) is 5.17. The van der Waals surface area contributed by atoms with E-state index in [-0.39, 0.29) is 11.7 Å². The van der Waals surface area contributed by atoms with Gasteiger partial charge in [-0.2, -0.15) is 5.10 Å². The third kappa shape index (κ3) is 4.33. The fourth-order valence-electron chi connectivity index (χ4n) is 3.46. The summed E-state index contributed by atoms with van der Waals surface area (Å²) in [5.74, 6) is -0.497. The van der Waals surface area contributed by atoms with Crippen molar-refractivity contribution in [2.75, 3.05) is 23.9 Å². The Kier molecular flexibility index (Phi) is 5.48. The van der Waals surface area contributed by atoms with Crippen LogP contribution < -0.4 is 15.2 Å². The molecule has 0 saturated carbocycles. The number of carbonyl (C=O) groups excluding carboxylic acids is 1. The Balaban J connectivity index is 1.39. The van der Waals surface area contributed by atoms with E-state index in [1.165, 1.54) is 17.7 Å².